The van der Waals surface area contributed by atoms with Crippen LogP contribution in [0.4, 0.5) is 11.4 Å². The van der Waals surface area contributed by atoms with E-state index in [9.17, 15) is 9.59 Å². The number of hydrogen-bond donors (Lipinski definition) is 2. The zero-order chi connectivity index (χ0) is 15.8. The highest BCUT2D eigenvalue weighted by Crippen LogP contribution is 2.27. The largest absolute Gasteiger partial charge is 0.326 e. The Morgan fingerprint density at radius 3 is 2.18 bits per heavy atom. The molecule has 4 nitrogen and oxygen atoms in total. The van der Waals surface area contributed by atoms with E-state index in [4.69, 9.17) is 0 Å². The topological polar surface area (TPSA) is 58.2 Å². The van der Waals surface area contributed by atoms with Crippen molar-refractivity contribution in [2.24, 2.45) is 5.92 Å². The number of rotatable bonds is 6. The third-order valence-electron chi connectivity index (χ3n) is 4.23. The van der Waals surface area contributed by atoms with Crippen molar-refractivity contribution in [1.29, 1.82) is 0 Å². The molecule has 1 aromatic carbocycles. The molecule has 1 saturated carbocycles. The van der Waals surface area contributed by atoms with Crippen LogP contribution in [0.15, 0.2) is 24.3 Å². The Hall–Kier alpha value is -1.84. The van der Waals surface area contributed by atoms with E-state index in [1.165, 1.54) is 45.4 Å². The van der Waals surface area contributed by atoms with Gasteiger partial charge in [-0.3, -0.25) is 9.59 Å². The molecule has 1 aliphatic rings. The fourth-order valence-corrected chi connectivity index (χ4v) is 3.09. The highest BCUT2D eigenvalue weighted by molar-refractivity contribution is 5.92. The average Bonchev–Trinajstić information content (AvgIpc) is 2.50. The number of hydrogen-bond acceptors (Lipinski definition) is 2. The predicted molar refractivity (Wildman–Crippen MR) is 89.8 cm³/mol. The van der Waals surface area contributed by atoms with Crippen molar-refractivity contribution < 1.29 is 9.59 Å². The highest BCUT2D eigenvalue weighted by atomic mass is 16.2. The molecule has 2 N–H and O–H groups in total. The van der Waals surface area contributed by atoms with Crippen LogP contribution >= 0.6 is 0 Å². The first-order valence-electron chi connectivity index (χ1n) is 8.31. The lowest BCUT2D eigenvalue weighted by atomic mass is 9.86. The summed E-state index contributed by atoms with van der Waals surface area (Å²) < 4.78 is 0. The van der Waals surface area contributed by atoms with E-state index < -0.39 is 0 Å². The zero-order valence-electron chi connectivity index (χ0n) is 13.4. The van der Waals surface area contributed by atoms with Crippen LogP contribution in [-0.2, 0) is 9.59 Å². The lowest BCUT2D eigenvalue weighted by Gasteiger charge is -2.21. The number of amides is 2. The summed E-state index contributed by atoms with van der Waals surface area (Å²) in [6.45, 7) is 1.47. The number of benzene rings is 1. The van der Waals surface area contributed by atoms with E-state index in [2.05, 4.69) is 10.6 Å². The van der Waals surface area contributed by atoms with Gasteiger partial charge < -0.3 is 10.6 Å². The van der Waals surface area contributed by atoms with Gasteiger partial charge in [-0.2, -0.15) is 0 Å². The molecule has 0 atom stereocenters. The second-order valence-corrected chi connectivity index (χ2v) is 6.20. The maximum atomic E-state index is 11.9. The molecule has 0 aliphatic heterocycles. The first-order chi connectivity index (χ1) is 10.6. The highest BCUT2D eigenvalue weighted by Gasteiger charge is 2.13. The Labute approximate surface area is 132 Å². The molecular weight excluding hydrogens is 276 g/mol. The Bertz CT molecular complexity index is 490. The quantitative estimate of drug-likeness (QED) is 0.821. The van der Waals surface area contributed by atoms with Crippen LogP contribution in [0.25, 0.3) is 0 Å². The van der Waals surface area contributed by atoms with Crippen molar-refractivity contribution in [1.82, 2.24) is 0 Å². The van der Waals surface area contributed by atoms with Gasteiger partial charge in [-0.15, -0.1) is 0 Å². The lowest BCUT2D eigenvalue weighted by Crippen LogP contribution is -2.13. The summed E-state index contributed by atoms with van der Waals surface area (Å²) in [6.07, 6.45) is 9.51. The summed E-state index contributed by atoms with van der Waals surface area (Å²) >= 11 is 0. The first kappa shape index (κ1) is 16.5. The Balaban J connectivity index is 1.68. The van der Waals surface area contributed by atoms with E-state index >= 15 is 0 Å². The number of carbonyl (C=O) groups is 2. The van der Waals surface area contributed by atoms with Crippen LogP contribution in [0.3, 0.4) is 0 Å². The summed E-state index contributed by atoms with van der Waals surface area (Å²) in [5.41, 5.74) is 1.51. The summed E-state index contributed by atoms with van der Waals surface area (Å²) in [4.78, 5) is 22.9. The van der Waals surface area contributed by atoms with Gasteiger partial charge in [0, 0.05) is 24.7 Å². The fraction of sp³-hybridized carbons (Fsp3) is 0.556. The molecule has 0 radical (unpaired) electrons. The molecule has 1 aromatic rings. The van der Waals surface area contributed by atoms with Gasteiger partial charge in [-0.05, 0) is 43.0 Å². The second kappa shape index (κ2) is 8.57. The normalized spacial score (nSPS) is 15.3. The summed E-state index contributed by atoms with van der Waals surface area (Å²) in [7, 11) is 0. The van der Waals surface area contributed by atoms with E-state index in [-0.39, 0.29) is 11.8 Å². The van der Waals surface area contributed by atoms with E-state index in [1.807, 2.05) is 12.1 Å². The SMILES string of the molecule is CC(=O)Nc1ccc(NC(=O)CCCC2CCCCC2)cc1. The minimum atomic E-state index is -0.0977. The van der Waals surface area contributed by atoms with Crippen LogP contribution in [-0.4, -0.2) is 11.8 Å². The summed E-state index contributed by atoms with van der Waals surface area (Å²) in [5.74, 6) is 0.807. The molecule has 0 heterocycles. The van der Waals surface area contributed by atoms with Crippen molar-refractivity contribution in [2.75, 3.05) is 10.6 Å². The number of carbonyl (C=O) groups excluding carboxylic acids is 2. The van der Waals surface area contributed by atoms with Crippen molar-refractivity contribution in [2.45, 2.75) is 58.3 Å². The molecule has 2 rings (SSSR count). The Morgan fingerprint density at radius 2 is 1.59 bits per heavy atom. The second-order valence-electron chi connectivity index (χ2n) is 6.20. The van der Waals surface area contributed by atoms with Gasteiger partial charge in [-0.25, -0.2) is 0 Å². The van der Waals surface area contributed by atoms with E-state index in [0.29, 0.717) is 6.42 Å². The fourth-order valence-electron chi connectivity index (χ4n) is 3.09. The van der Waals surface area contributed by atoms with E-state index in [1.54, 1.807) is 12.1 Å². The van der Waals surface area contributed by atoms with Crippen LogP contribution in [0.5, 0.6) is 0 Å². The average molecular weight is 302 g/mol. The maximum absolute atomic E-state index is 11.9. The molecule has 1 aliphatic carbocycles. The van der Waals surface area contributed by atoms with Crippen LogP contribution in [0, 0.1) is 5.92 Å². The molecule has 0 aromatic heterocycles. The minimum absolute atomic E-state index is 0.0723. The third kappa shape index (κ3) is 5.88. The van der Waals surface area contributed by atoms with E-state index in [0.717, 1.165) is 23.7 Å². The maximum Gasteiger partial charge on any atom is 0.224 e. The molecular formula is C18H26N2O2. The molecule has 1 fully saturated rings. The minimum Gasteiger partial charge on any atom is -0.326 e. The van der Waals surface area contributed by atoms with Gasteiger partial charge in [0.15, 0.2) is 0 Å². The Kier molecular flexibility index (Phi) is 6.44. The van der Waals surface area contributed by atoms with Crippen LogP contribution in [0.2, 0.25) is 0 Å². The molecule has 2 amide bonds. The van der Waals surface area contributed by atoms with Gasteiger partial charge >= 0.3 is 0 Å². The van der Waals surface area contributed by atoms with Crippen LogP contribution < -0.4 is 10.6 Å². The van der Waals surface area contributed by atoms with Gasteiger partial charge in [-0.1, -0.05) is 32.1 Å². The van der Waals surface area contributed by atoms with Gasteiger partial charge in [0.25, 0.3) is 0 Å². The zero-order valence-corrected chi connectivity index (χ0v) is 13.4. The molecule has 0 unspecified atom stereocenters. The molecule has 22 heavy (non-hydrogen) atoms. The molecule has 0 bridgehead atoms. The van der Waals surface area contributed by atoms with Crippen molar-refractivity contribution in [3.8, 4) is 0 Å². The molecule has 120 valence electrons. The standard InChI is InChI=1S/C18H26N2O2/c1-14(21)19-16-10-12-17(13-11-16)20-18(22)9-5-8-15-6-3-2-4-7-15/h10-13,15H,2-9H2,1H3,(H,19,21)(H,20,22). The summed E-state index contributed by atoms with van der Waals surface area (Å²) in [5, 5.41) is 5.61. The van der Waals surface area contributed by atoms with Crippen molar-refractivity contribution in [3.05, 3.63) is 24.3 Å². The first-order valence-corrected chi connectivity index (χ1v) is 8.31. The monoisotopic (exact) mass is 302 g/mol. The molecule has 4 heteroatoms. The van der Waals surface area contributed by atoms with Gasteiger partial charge in [0.2, 0.25) is 11.8 Å². The van der Waals surface area contributed by atoms with Crippen LogP contribution in [0.1, 0.15) is 58.3 Å². The van der Waals surface area contributed by atoms with Gasteiger partial charge in [0.05, 0.1) is 0 Å². The molecule has 0 spiro atoms. The summed E-state index contributed by atoms with van der Waals surface area (Å²) in [6, 6.07) is 7.20. The lowest BCUT2D eigenvalue weighted by molar-refractivity contribution is -0.116. The third-order valence-corrected chi connectivity index (χ3v) is 4.23. The molecule has 0 saturated heterocycles. The number of anilines is 2. The number of nitrogens with one attached hydrogen (secondary N) is 2. The van der Waals surface area contributed by atoms with Crippen molar-refractivity contribution >= 4 is 23.2 Å². The van der Waals surface area contributed by atoms with Gasteiger partial charge in [0.1, 0.15) is 0 Å². The van der Waals surface area contributed by atoms with Crippen molar-refractivity contribution in [3.63, 3.8) is 0 Å². The Morgan fingerprint density at radius 1 is 1.00 bits per heavy atom. The smallest absolute Gasteiger partial charge is 0.224 e. The predicted octanol–water partition coefficient (Wildman–Crippen LogP) is 4.33.